The minimum atomic E-state index is -0.445. The van der Waals surface area contributed by atoms with Gasteiger partial charge in [0.2, 0.25) is 0 Å². The third-order valence-electron chi connectivity index (χ3n) is 4.78. The highest BCUT2D eigenvalue weighted by atomic mass is 79.9. The molecule has 1 atom stereocenters. The standard InChI is InChI=1S/C23H26BrN3O4/c1-5-12-31-21-18(24)13-16(14-19(21)30-4)23(28)26-20(22-25-10-11-27(22)2)15-6-8-17(29-3)9-7-15/h6-11,13-14,20H,5,12H2,1-4H3,(H,26,28). The number of methoxy groups -OCH3 is 2. The first-order valence-corrected chi connectivity index (χ1v) is 10.7. The maximum atomic E-state index is 13.2. The Hall–Kier alpha value is -3.00. The van der Waals surface area contributed by atoms with Crippen molar-refractivity contribution in [3.8, 4) is 17.2 Å². The topological polar surface area (TPSA) is 74.6 Å². The number of hydrogen-bond acceptors (Lipinski definition) is 5. The van der Waals surface area contributed by atoms with E-state index in [0.717, 1.165) is 17.7 Å². The minimum Gasteiger partial charge on any atom is -0.497 e. The van der Waals surface area contributed by atoms with Crippen molar-refractivity contribution in [2.45, 2.75) is 19.4 Å². The second kappa shape index (κ2) is 10.3. The average Bonchev–Trinajstić information content (AvgIpc) is 3.21. The first kappa shape index (κ1) is 22.7. The molecule has 2 aromatic carbocycles. The van der Waals surface area contributed by atoms with Crippen LogP contribution in [-0.2, 0) is 7.05 Å². The fraction of sp³-hybridized carbons (Fsp3) is 0.304. The lowest BCUT2D eigenvalue weighted by molar-refractivity contribution is 0.0940. The van der Waals surface area contributed by atoms with Gasteiger partial charge >= 0.3 is 0 Å². The number of amides is 1. The number of hydrogen-bond donors (Lipinski definition) is 1. The van der Waals surface area contributed by atoms with Crippen molar-refractivity contribution in [1.82, 2.24) is 14.9 Å². The predicted molar refractivity (Wildman–Crippen MR) is 122 cm³/mol. The van der Waals surface area contributed by atoms with Crippen LogP contribution in [0.1, 0.15) is 41.1 Å². The van der Waals surface area contributed by atoms with Crippen LogP contribution in [-0.4, -0.2) is 36.3 Å². The van der Waals surface area contributed by atoms with Crippen LogP contribution in [0.25, 0.3) is 0 Å². The zero-order valence-corrected chi connectivity index (χ0v) is 19.6. The van der Waals surface area contributed by atoms with Crippen molar-refractivity contribution in [1.29, 1.82) is 0 Å². The summed E-state index contributed by atoms with van der Waals surface area (Å²) in [6.45, 7) is 2.58. The molecule has 0 aliphatic rings. The van der Waals surface area contributed by atoms with Gasteiger partial charge in [-0.2, -0.15) is 0 Å². The van der Waals surface area contributed by atoms with Crippen molar-refractivity contribution in [2.24, 2.45) is 7.05 Å². The van der Waals surface area contributed by atoms with Crippen molar-refractivity contribution in [3.05, 3.63) is 70.2 Å². The summed E-state index contributed by atoms with van der Waals surface area (Å²) in [5.74, 6) is 2.27. The Bertz CT molecular complexity index is 1030. The van der Waals surface area contributed by atoms with Gasteiger partial charge in [-0.25, -0.2) is 4.98 Å². The molecule has 0 aliphatic heterocycles. The molecule has 0 aliphatic carbocycles. The number of rotatable bonds is 9. The van der Waals surface area contributed by atoms with Crippen molar-refractivity contribution >= 4 is 21.8 Å². The maximum Gasteiger partial charge on any atom is 0.252 e. The molecule has 1 N–H and O–H groups in total. The summed E-state index contributed by atoms with van der Waals surface area (Å²) in [5, 5.41) is 3.09. The van der Waals surface area contributed by atoms with Crippen LogP contribution in [0.2, 0.25) is 0 Å². The molecule has 0 bridgehead atoms. The Morgan fingerprint density at radius 1 is 1.19 bits per heavy atom. The van der Waals surface area contributed by atoms with Gasteiger partial charge in [0.05, 0.1) is 25.3 Å². The fourth-order valence-corrected chi connectivity index (χ4v) is 3.71. The van der Waals surface area contributed by atoms with Crippen molar-refractivity contribution < 1.29 is 19.0 Å². The maximum absolute atomic E-state index is 13.2. The van der Waals surface area contributed by atoms with Crippen molar-refractivity contribution in [2.75, 3.05) is 20.8 Å². The van der Waals surface area contributed by atoms with Crippen LogP contribution < -0.4 is 19.5 Å². The Labute approximate surface area is 190 Å². The van der Waals surface area contributed by atoms with E-state index in [4.69, 9.17) is 14.2 Å². The Morgan fingerprint density at radius 2 is 1.94 bits per heavy atom. The van der Waals surface area contributed by atoms with Gasteiger partial charge < -0.3 is 24.1 Å². The van der Waals surface area contributed by atoms with Gasteiger partial charge in [0.1, 0.15) is 17.6 Å². The van der Waals surface area contributed by atoms with E-state index < -0.39 is 6.04 Å². The highest BCUT2D eigenvalue weighted by Gasteiger charge is 2.23. The zero-order valence-electron chi connectivity index (χ0n) is 18.0. The van der Waals surface area contributed by atoms with E-state index >= 15 is 0 Å². The summed E-state index contributed by atoms with van der Waals surface area (Å²) in [6.07, 6.45) is 4.42. The molecule has 7 nitrogen and oxygen atoms in total. The molecule has 1 unspecified atom stereocenters. The Kier molecular flexibility index (Phi) is 7.57. The van der Waals surface area contributed by atoms with Gasteiger partial charge in [-0.15, -0.1) is 0 Å². The molecule has 8 heteroatoms. The lowest BCUT2D eigenvalue weighted by Gasteiger charge is -2.20. The van der Waals surface area contributed by atoms with Crippen LogP contribution in [0.15, 0.2) is 53.3 Å². The van der Waals surface area contributed by atoms with Crippen LogP contribution in [0.3, 0.4) is 0 Å². The molecular formula is C23H26BrN3O4. The Morgan fingerprint density at radius 3 is 2.52 bits per heavy atom. The molecule has 0 fully saturated rings. The van der Waals surface area contributed by atoms with E-state index in [9.17, 15) is 4.79 Å². The van der Waals surface area contributed by atoms with E-state index in [2.05, 4.69) is 26.2 Å². The lowest BCUT2D eigenvalue weighted by atomic mass is 10.0. The number of nitrogens with zero attached hydrogens (tertiary/aromatic N) is 2. The van der Waals surface area contributed by atoms with Gasteiger partial charge in [-0.1, -0.05) is 19.1 Å². The number of carbonyl (C=O) groups excluding carboxylic acids is 1. The summed E-state index contributed by atoms with van der Waals surface area (Å²) >= 11 is 3.50. The lowest BCUT2D eigenvalue weighted by Crippen LogP contribution is -2.31. The number of benzene rings is 2. The highest BCUT2D eigenvalue weighted by molar-refractivity contribution is 9.10. The van der Waals surface area contributed by atoms with E-state index in [1.807, 2.05) is 49.0 Å². The molecule has 1 aromatic heterocycles. The second-order valence-corrected chi connectivity index (χ2v) is 7.77. The summed E-state index contributed by atoms with van der Waals surface area (Å²) in [6, 6.07) is 10.5. The number of aromatic nitrogens is 2. The molecule has 1 amide bonds. The minimum absolute atomic E-state index is 0.259. The average molecular weight is 488 g/mol. The molecule has 3 aromatic rings. The van der Waals surface area contributed by atoms with Crippen LogP contribution >= 0.6 is 15.9 Å². The van der Waals surface area contributed by atoms with Crippen LogP contribution in [0.4, 0.5) is 0 Å². The number of aryl methyl sites for hydroxylation is 1. The second-order valence-electron chi connectivity index (χ2n) is 6.91. The number of nitrogens with one attached hydrogen (secondary N) is 1. The Balaban J connectivity index is 1.93. The van der Waals surface area contributed by atoms with E-state index in [-0.39, 0.29) is 5.91 Å². The highest BCUT2D eigenvalue weighted by Crippen LogP contribution is 2.37. The van der Waals surface area contributed by atoms with Crippen LogP contribution in [0.5, 0.6) is 17.2 Å². The molecule has 3 rings (SSSR count). The summed E-state index contributed by atoms with van der Waals surface area (Å²) in [7, 11) is 5.06. The molecular weight excluding hydrogens is 462 g/mol. The first-order valence-electron chi connectivity index (χ1n) is 9.90. The molecule has 0 saturated carbocycles. The van der Waals surface area contributed by atoms with E-state index in [0.29, 0.717) is 34.0 Å². The predicted octanol–water partition coefficient (Wildman–Crippen LogP) is 4.51. The van der Waals surface area contributed by atoms with Gasteiger partial charge in [0.15, 0.2) is 11.5 Å². The largest absolute Gasteiger partial charge is 0.497 e. The number of halogens is 1. The molecule has 1 heterocycles. The summed E-state index contributed by atoms with van der Waals surface area (Å²) in [4.78, 5) is 17.7. The summed E-state index contributed by atoms with van der Waals surface area (Å²) < 4.78 is 19.0. The van der Waals surface area contributed by atoms with Gasteiger partial charge in [-0.3, -0.25) is 4.79 Å². The van der Waals surface area contributed by atoms with Gasteiger partial charge in [0.25, 0.3) is 5.91 Å². The smallest absolute Gasteiger partial charge is 0.252 e. The molecule has 164 valence electrons. The third kappa shape index (κ3) is 5.19. The molecule has 0 radical (unpaired) electrons. The quantitative estimate of drug-likeness (QED) is 0.480. The number of ether oxygens (including phenoxy) is 3. The van der Waals surface area contributed by atoms with Gasteiger partial charge in [0, 0.05) is 25.0 Å². The van der Waals surface area contributed by atoms with E-state index in [1.165, 1.54) is 0 Å². The molecule has 0 spiro atoms. The van der Waals surface area contributed by atoms with Gasteiger partial charge in [-0.05, 0) is 52.2 Å². The summed E-state index contributed by atoms with van der Waals surface area (Å²) in [5.41, 5.74) is 1.33. The number of carbonyl (C=O) groups is 1. The van der Waals surface area contributed by atoms with Crippen LogP contribution in [0, 0.1) is 0 Å². The SMILES string of the molecule is CCCOc1c(Br)cc(C(=O)NC(c2ccc(OC)cc2)c2nccn2C)cc1OC. The molecule has 0 saturated heterocycles. The fourth-order valence-electron chi connectivity index (χ4n) is 3.16. The van der Waals surface area contributed by atoms with E-state index in [1.54, 1.807) is 32.5 Å². The number of imidazole rings is 1. The normalized spacial score (nSPS) is 11.6. The van der Waals surface area contributed by atoms with Crippen molar-refractivity contribution in [3.63, 3.8) is 0 Å². The monoisotopic (exact) mass is 487 g/mol. The zero-order chi connectivity index (χ0) is 22.4. The third-order valence-corrected chi connectivity index (χ3v) is 5.37. The first-order chi connectivity index (χ1) is 15.0. The molecule has 31 heavy (non-hydrogen) atoms.